The Morgan fingerprint density at radius 3 is 3.17 bits per heavy atom. The fourth-order valence-corrected chi connectivity index (χ4v) is 0.791. The molecule has 3 heteroatoms. The van der Waals surface area contributed by atoms with Crippen LogP contribution in [-0.2, 0) is 4.79 Å². The van der Waals surface area contributed by atoms with Crippen LogP contribution in [0.15, 0.2) is 36.1 Å². The van der Waals surface area contributed by atoms with Crippen LogP contribution in [0.4, 0.5) is 0 Å². The van der Waals surface area contributed by atoms with E-state index in [9.17, 15) is 4.79 Å². The predicted molar refractivity (Wildman–Crippen MR) is 46.3 cm³/mol. The van der Waals surface area contributed by atoms with Gasteiger partial charge in [-0.1, -0.05) is 12.6 Å². The lowest BCUT2D eigenvalue weighted by Gasteiger charge is -1.98. The molecule has 0 atom stereocenters. The van der Waals surface area contributed by atoms with Crippen molar-refractivity contribution in [3.63, 3.8) is 0 Å². The molecule has 0 N–H and O–H groups in total. The third kappa shape index (κ3) is 2.15. The molecule has 0 unspecified atom stereocenters. The molecule has 0 saturated heterocycles. The maximum Gasteiger partial charge on any atom is 0.235 e. The lowest BCUT2D eigenvalue weighted by Crippen LogP contribution is -1.87. The zero-order valence-corrected chi connectivity index (χ0v) is 6.53. The Morgan fingerprint density at radius 2 is 2.58 bits per heavy atom. The van der Waals surface area contributed by atoms with Gasteiger partial charge in [0, 0.05) is 12.4 Å². The standard InChI is InChI=1S/C9H8N2O/c1-8(5-11-7-12)9-3-2-4-10-6-9/h2-4,6H,1,5H2. The van der Waals surface area contributed by atoms with Crippen molar-refractivity contribution in [1.82, 2.24) is 4.98 Å². The van der Waals surface area contributed by atoms with E-state index >= 15 is 0 Å². The zero-order chi connectivity index (χ0) is 8.81. The summed E-state index contributed by atoms with van der Waals surface area (Å²) < 4.78 is 0. The Labute approximate surface area is 70.5 Å². The van der Waals surface area contributed by atoms with Gasteiger partial charge in [-0.25, -0.2) is 9.79 Å². The van der Waals surface area contributed by atoms with Crippen molar-refractivity contribution in [2.45, 2.75) is 0 Å². The van der Waals surface area contributed by atoms with E-state index in [0.717, 1.165) is 11.1 Å². The predicted octanol–water partition coefficient (Wildman–Crippen LogP) is 1.43. The van der Waals surface area contributed by atoms with Gasteiger partial charge in [0.2, 0.25) is 6.08 Å². The Bertz CT molecular complexity index is 313. The van der Waals surface area contributed by atoms with Crippen molar-refractivity contribution in [3.8, 4) is 0 Å². The molecule has 0 aliphatic carbocycles. The molecular weight excluding hydrogens is 152 g/mol. The number of carbonyl (C=O) groups excluding carboxylic acids is 1. The van der Waals surface area contributed by atoms with Crippen molar-refractivity contribution >= 4 is 11.7 Å². The van der Waals surface area contributed by atoms with Gasteiger partial charge in [-0.3, -0.25) is 4.98 Å². The summed E-state index contributed by atoms with van der Waals surface area (Å²) in [6.45, 7) is 4.04. The number of hydrogen-bond acceptors (Lipinski definition) is 3. The Morgan fingerprint density at radius 1 is 1.75 bits per heavy atom. The number of pyridine rings is 1. The number of aliphatic imine (C=N–C) groups is 1. The van der Waals surface area contributed by atoms with Gasteiger partial charge in [-0.2, -0.15) is 0 Å². The van der Waals surface area contributed by atoms with Crippen molar-refractivity contribution in [1.29, 1.82) is 0 Å². The quantitative estimate of drug-likeness (QED) is 0.495. The Balaban J connectivity index is 2.72. The topological polar surface area (TPSA) is 42.3 Å². The zero-order valence-electron chi connectivity index (χ0n) is 6.53. The lowest BCUT2D eigenvalue weighted by atomic mass is 10.1. The molecule has 3 nitrogen and oxygen atoms in total. The minimum absolute atomic E-state index is 0.287. The summed E-state index contributed by atoms with van der Waals surface area (Å²) in [7, 11) is 0. The van der Waals surface area contributed by atoms with Crippen LogP contribution in [0.5, 0.6) is 0 Å². The van der Waals surface area contributed by atoms with E-state index in [2.05, 4.69) is 16.6 Å². The fourth-order valence-electron chi connectivity index (χ4n) is 0.791. The molecule has 1 aromatic rings. The van der Waals surface area contributed by atoms with E-state index in [1.165, 1.54) is 6.08 Å². The van der Waals surface area contributed by atoms with E-state index in [0.29, 0.717) is 0 Å². The van der Waals surface area contributed by atoms with Crippen molar-refractivity contribution in [3.05, 3.63) is 36.7 Å². The van der Waals surface area contributed by atoms with Crippen LogP contribution in [0.25, 0.3) is 5.57 Å². The number of rotatable bonds is 3. The highest BCUT2D eigenvalue weighted by atomic mass is 16.1. The highest BCUT2D eigenvalue weighted by molar-refractivity contribution is 5.64. The van der Waals surface area contributed by atoms with Gasteiger partial charge in [0.25, 0.3) is 0 Å². The van der Waals surface area contributed by atoms with Gasteiger partial charge < -0.3 is 0 Å². The Hall–Kier alpha value is -1.73. The first kappa shape index (κ1) is 8.37. The van der Waals surface area contributed by atoms with E-state index < -0.39 is 0 Å². The van der Waals surface area contributed by atoms with E-state index in [1.54, 1.807) is 12.4 Å². The van der Waals surface area contributed by atoms with Crippen molar-refractivity contribution < 1.29 is 4.79 Å². The van der Waals surface area contributed by atoms with Crippen molar-refractivity contribution in [2.24, 2.45) is 4.99 Å². The van der Waals surface area contributed by atoms with E-state index in [4.69, 9.17) is 0 Å². The largest absolute Gasteiger partial charge is 0.264 e. The summed E-state index contributed by atoms with van der Waals surface area (Å²) in [5.74, 6) is 0. The van der Waals surface area contributed by atoms with Gasteiger partial charge in [0.05, 0.1) is 6.54 Å². The van der Waals surface area contributed by atoms with Gasteiger partial charge in [0.1, 0.15) is 0 Å². The molecule has 1 aromatic heterocycles. The third-order valence-electron chi connectivity index (χ3n) is 1.40. The molecule has 12 heavy (non-hydrogen) atoms. The maximum atomic E-state index is 9.79. The molecule has 0 spiro atoms. The molecular formula is C9H8N2O. The fraction of sp³-hybridized carbons (Fsp3) is 0.111. The molecule has 0 radical (unpaired) electrons. The monoisotopic (exact) mass is 160 g/mol. The van der Waals surface area contributed by atoms with Crippen LogP contribution in [0.3, 0.4) is 0 Å². The minimum Gasteiger partial charge on any atom is -0.264 e. The second kappa shape index (κ2) is 4.21. The first-order valence-corrected chi connectivity index (χ1v) is 3.46. The molecule has 0 amide bonds. The van der Waals surface area contributed by atoms with Gasteiger partial charge in [0.15, 0.2) is 0 Å². The second-order valence-corrected chi connectivity index (χ2v) is 2.25. The summed E-state index contributed by atoms with van der Waals surface area (Å²) in [4.78, 5) is 17.1. The van der Waals surface area contributed by atoms with Crippen molar-refractivity contribution in [2.75, 3.05) is 6.54 Å². The first-order chi connectivity index (χ1) is 5.84. The molecule has 1 heterocycles. The van der Waals surface area contributed by atoms with Crippen LogP contribution in [0.1, 0.15) is 5.56 Å². The maximum absolute atomic E-state index is 9.79. The summed E-state index contributed by atoms with van der Waals surface area (Å²) in [6, 6.07) is 3.68. The first-order valence-electron chi connectivity index (χ1n) is 3.46. The molecule has 0 aliphatic heterocycles. The van der Waals surface area contributed by atoms with Crippen LogP contribution < -0.4 is 0 Å². The average Bonchev–Trinajstić information content (AvgIpc) is 2.15. The second-order valence-electron chi connectivity index (χ2n) is 2.25. The normalized spacial score (nSPS) is 8.67. The highest BCUT2D eigenvalue weighted by Crippen LogP contribution is 2.09. The molecule has 0 aliphatic rings. The van der Waals surface area contributed by atoms with E-state index in [-0.39, 0.29) is 6.54 Å². The Kier molecular flexibility index (Phi) is 2.94. The molecule has 0 bridgehead atoms. The van der Waals surface area contributed by atoms with Crippen LogP contribution in [0.2, 0.25) is 0 Å². The number of isocyanates is 1. The summed E-state index contributed by atoms with van der Waals surface area (Å²) in [5.41, 5.74) is 1.67. The molecule has 0 saturated carbocycles. The van der Waals surface area contributed by atoms with E-state index in [1.807, 2.05) is 12.1 Å². The summed E-state index contributed by atoms with van der Waals surface area (Å²) >= 11 is 0. The summed E-state index contributed by atoms with van der Waals surface area (Å²) in [6.07, 6.45) is 4.83. The average molecular weight is 160 g/mol. The lowest BCUT2D eigenvalue weighted by molar-refractivity contribution is 0.564. The summed E-state index contributed by atoms with van der Waals surface area (Å²) in [5, 5.41) is 0. The number of hydrogen-bond donors (Lipinski definition) is 0. The van der Waals surface area contributed by atoms with Gasteiger partial charge in [-0.15, -0.1) is 0 Å². The minimum atomic E-state index is 0.287. The molecule has 0 aromatic carbocycles. The smallest absolute Gasteiger partial charge is 0.235 e. The number of aromatic nitrogens is 1. The molecule has 1 rings (SSSR count). The number of nitrogens with zero attached hydrogens (tertiary/aromatic N) is 2. The van der Waals surface area contributed by atoms with Crippen LogP contribution >= 0.6 is 0 Å². The van der Waals surface area contributed by atoms with Gasteiger partial charge in [-0.05, 0) is 17.2 Å². The molecule has 60 valence electrons. The molecule has 0 fully saturated rings. The third-order valence-corrected chi connectivity index (χ3v) is 1.40. The highest BCUT2D eigenvalue weighted by Gasteiger charge is 1.95. The van der Waals surface area contributed by atoms with Crippen LogP contribution in [-0.4, -0.2) is 17.6 Å². The van der Waals surface area contributed by atoms with Gasteiger partial charge >= 0.3 is 0 Å². The van der Waals surface area contributed by atoms with Crippen LogP contribution in [0, 0.1) is 0 Å². The SMILES string of the molecule is C=C(CN=C=O)c1cccnc1.